The van der Waals surface area contributed by atoms with Crippen LogP contribution in [0, 0.1) is 6.92 Å². The van der Waals surface area contributed by atoms with Crippen molar-refractivity contribution in [2.24, 2.45) is 5.73 Å². The summed E-state index contributed by atoms with van der Waals surface area (Å²) in [6.45, 7) is 3.48. The van der Waals surface area contributed by atoms with Gasteiger partial charge in [-0.05, 0) is 29.5 Å². The maximum atomic E-state index is 5.63. The van der Waals surface area contributed by atoms with Crippen molar-refractivity contribution in [3.63, 3.8) is 0 Å². The first-order valence-electron chi connectivity index (χ1n) is 4.54. The largest absolute Gasteiger partial charge is 0.326 e. The molecule has 0 spiro atoms. The van der Waals surface area contributed by atoms with E-state index in [0.717, 1.165) is 6.54 Å². The molecule has 0 unspecified atom stereocenters. The van der Waals surface area contributed by atoms with Crippen LogP contribution < -0.4 is 5.73 Å². The number of aryl methyl sites for hydroxylation is 1. The number of aromatic nitrogens is 2. The normalized spacial score (nSPS) is 10.7. The molecule has 2 rings (SSSR count). The molecule has 0 aliphatic carbocycles. The Hall–Kier alpha value is -1.13. The lowest BCUT2D eigenvalue weighted by atomic mass is 10.2. The van der Waals surface area contributed by atoms with E-state index in [0.29, 0.717) is 6.54 Å². The molecule has 3 nitrogen and oxygen atoms in total. The van der Waals surface area contributed by atoms with E-state index in [2.05, 4.69) is 16.5 Å². The molecule has 0 radical (unpaired) electrons. The van der Waals surface area contributed by atoms with Gasteiger partial charge in [-0.1, -0.05) is 0 Å². The van der Waals surface area contributed by atoms with Crippen molar-refractivity contribution < 1.29 is 0 Å². The maximum Gasteiger partial charge on any atom is 0.0670 e. The predicted octanol–water partition coefficient (Wildman–Crippen LogP) is 1.76. The van der Waals surface area contributed by atoms with Crippen molar-refractivity contribution in [3.05, 3.63) is 39.8 Å². The van der Waals surface area contributed by atoms with Gasteiger partial charge in [0.15, 0.2) is 0 Å². The van der Waals surface area contributed by atoms with Gasteiger partial charge in [-0.25, -0.2) is 0 Å². The van der Waals surface area contributed by atoms with Gasteiger partial charge in [-0.15, -0.1) is 11.3 Å². The van der Waals surface area contributed by atoms with Crippen LogP contribution in [0.3, 0.4) is 0 Å². The van der Waals surface area contributed by atoms with Gasteiger partial charge in [0.1, 0.15) is 0 Å². The van der Waals surface area contributed by atoms with E-state index in [-0.39, 0.29) is 0 Å². The second kappa shape index (κ2) is 3.94. The molecular weight excluding hydrogens is 194 g/mol. The lowest BCUT2D eigenvalue weighted by Gasteiger charge is -2.01. The molecule has 2 N–H and O–H groups in total. The van der Waals surface area contributed by atoms with E-state index in [1.165, 1.54) is 16.0 Å². The molecule has 74 valence electrons. The van der Waals surface area contributed by atoms with E-state index in [1.54, 1.807) is 11.3 Å². The van der Waals surface area contributed by atoms with Crippen LogP contribution in [0.5, 0.6) is 0 Å². The molecule has 2 aromatic heterocycles. The minimum absolute atomic E-state index is 0.618. The van der Waals surface area contributed by atoms with Crippen molar-refractivity contribution >= 4 is 11.3 Å². The van der Waals surface area contributed by atoms with Gasteiger partial charge in [0.05, 0.1) is 12.7 Å². The third kappa shape index (κ3) is 1.86. The molecule has 0 bridgehead atoms. The van der Waals surface area contributed by atoms with Gasteiger partial charge in [0, 0.05) is 17.6 Å². The predicted molar refractivity (Wildman–Crippen MR) is 58.3 cm³/mol. The van der Waals surface area contributed by atoms with Crippen molar-refractivity contribution in [1.82, 2.24) is 9.78 Å². The average Bonchev–Trinajstić information content (AvgIpc) is 2.76. The smallest absolute Gasteiger partial charge is 0.0670 e. The van der Waals surface area contributed by atoms with Crippen LogP contribution in [-0.4, -0.2) is 9.78 Å². The summed E-state index contributed by atoms with van der Waals surface area (Å²) < 4.78 is 1.94. The topological polar surface area (TPSA) is 43.8 Å². The SMILES string of the molecule is Cc1cnn(Cc2ccsc2CN)c1. The van der Waals surface area contributed by atoms with Crippen LogP contribution in [0.2, 0.25) is 0 Å². The Kier molecular flexibility index (Phi) is 2.65. The Balaban J connectivity index is 2.18. The summed E-state index contributed by atoms with van der Waals surface area (Å²) in [5, 5.41) is 6.32. The van der Waals surface area contributed by atoms with Crippen LogP contribution in [0.25, 0.3) is 0 Å². The Bertz CT molecular complexity index is 416. The van der Waals surface area contributed by atoms with Crippen LogP contribution in [0.4, 0.5) is 0 Å². The Morgan fingerprint density at radius 3 is 3.07 bits per heavy atom. The molecule has 4 heteroatoms. The quantitative estimate of drug-likeness (QED) is 0.833. The summed E-state index contributed by atoms with van der Waals surface area (Å²) in [7, 11) is 0. The number of hydrogen-bond donors (Lipinski definition) is 1. The third-order valence-electron chi connectivity index (χ3n) is 2.12. The van der Waals surface area contributed by atoms with Gasteiger partial charge < -0.3 is 5.73 Å². The van der Waals surface area contributed by atoms with Gasteiger partial charge in [-0.2, -0.15) is 5.10 Å². The highest BCUT2D eigenvalue weighted by molar-refractivity contribution is 7.10. The molecule has 0 aromatic carbocycles. The molecule has 14 heavy (non-hydrogen) atoms. The minimum Gasteiger partial charge on any atom is -0.326 e. The monoisotopic (exact) mass is 207 g/mol. The van der Waals surface area contributed by atoms with E-state index < -0.39 is 0 Å². The maximum absolute atomic E-state index is 5.63. The molecule has 0 atom stereocenters. The third-order valence-corrected chi connectivity index (χ3v) is 3.10. The van der Waals surface area contributed by atoms with E-state index in [4.69, 9.17) is 5.73 Å². The first kappa shape index (κ1) is 9.43. The number of nitrogens with two attached hydrogens (primary N) is 1. The highest BCUT2D eigenvalue weighted by Gasteiger charge is 2.03. The first-order valence-corrected chi connectivity index (χ1v) is 5.42. The molecule has 0 saturated carbocycles. The highest BCUT2D eigenvalue weighted by Crippen LogP contribution is 2.16. The Morgan fingerprint density at radius 1 is 1.57 bits per heavy atom. The second-order valence-electron chi connectivity index (χ2n) is 3.29. The fraction of sp³-hybridized carbons (Fsp3) is 0.300. The molecule has 0 fully saturated rings. The van der Waals surface area contributed by atoms with E-state index in [9.17, 15) is 0 Å². The van der Waals surface area contributed by atoms with Gasteiger partial charge >= 0.3 is 0 Å². The number of hydrogen-bond acceptors (Lipinski definition) is 3. The standard InChI is InChI=1S/C10H13N3S/c1-8-5-12-13(6-8)7-9-2-3-14-10(9)4-11/h2-3,5-6H,4,7,11H2,1H3. The minimum atomic E-state index is 0.618. The zero-order valence-electron chi connectivity index (χ0n) is 8.10. The fourth-order valence-electron chi connectivity index (χ4n) is 1.41. The van der Waals surface area contributed by atoms with Crippen molar-refractivity contribution in [2.45, 2.75) is 20.0 Å². The molecule has 2 heterocycles. The van der Waals surface area contributed by atoms with Crippen LogP contribution in [-0.2, 0) is 13.1 Å². The summed E-state index contributed by atoms with van der Waals surface area (Å²) >= 11 is 1.71. The summed E-state index contributed by atoms with van der Waals surface area (Å²) in [5.74, 6) is 0. The lowest BCUT2D eigenvalue weighted by molar-refractivity contribution is 0.683. The number of rotatable bonds is 3. The fourth-order valence-corrected chi connectivity index (χ4v) is 2.19. The molecular formula is C10H13N3S. The zero-order valence-corrected chi connectivity index (χ0v) is 8.92. The Morgan fingerprint density at radius 2 is 2.43 bits per heavy atom. The van der Waals surface area contributed by atoms with E-state index >= 15 is 0 Å². The molecule has 0 amide bonds. The van der Waals surface area contributed by atoms with Gasteiger partial charge in [-0.3, -0.25) is 4.68 Å². The van der Waals surface area contributed by atoms with Crippen molar-refractivity contribution in [1.29, 1.82) is 0 Å². The lowest BCUT2D eigenvalue weighted by Crippen LogP contribution is -2.03. The Labute approximate surface area is 87.2 Å². The van der Waals surface area contributed by atoms with E-state index in [1.807, 2.05) is 24.0 Å². The second-order valence-corrected chi connectivity index (χ2v) is 4.29. The molecule has 0 aliphatic rings. The molecule has 0 saturated heterocycles. The average molecular weight is 207 g/mol. The zero-order chi connectivity index (χ0) is 9.97. The summed E-state index contributed by atoms with van der Waals surface area (Å²) in [4.78, 5) is 1.25. The van der Waals surface area contributed by atoms with Crippen LogP contribution >= 0.6 is 11.3 Å². The van der Waals surface area contributed by atoms with Gasteiger partial charge in [0.25, 0.3) is 0 Å². The molecule has 0 aliphatic heterocycles. The number of nitrogens with zero attached hydrogens (tertiary/aromatic N) is 2. The van der Waals surface area contributed by atoms with Crippen LogP contribution in [0.1, 0.15) is 16.0 Å². The molecule has 2 aromatic rings. The first-order chi connectivity index (χ1) is 6.79. The van der Waals surface area contributed by atoms with Gasteiger partial charge in [0.2, 0.25) is 0 Å². The summed E-state index contributed by atoms with van der Waals surface area (Å²) in [5.41, 5.74) is 8.10. The summed E-state index contributed by atoms with van der Waals surface area (Å²) in [6, 6.07) is 2.11. The summed E-state index contributed by atoms with van der Waals surface area (Å²) in [6.07, 6.45) is 3.91. The van der Waals surface area contributed by atoms with Crippen LogP contribution in [0.15, 0.2) is 23.8 Å². The highest BCUT2D eigenvalue weighted by atomic mass is 32.1. The van der Waals surface area contributed by atoms with Crippen molar-refractivity contribution in [2.75, 3.05) is 0 Å². The van der Waals surface area contributed by atoms with Crippen molar-refractivity contribution in [3.8, 4) is 0 Å². The number of thiophene rings is 1.